The van der Waals surface area contributed by atoms with Crippen molar-refractivity contribution in [2.45, 2.75) is 18.0 Å². The Morgan fingerprint density at radius 3 is 2.86 bits per heavy atom. The summed E-state index contributed by atoms with van der Waals surface area (Å²) in [6, 6.07) is 7.54. The second-order valence-corrected chi connectivity index (χ2v) is 6.05. The van der Waals surface area contributed by atoms with Crippen LogP contribution < -0.4 is 16.2 Å². The maximum absolute atomic E-state index is 12.5. The van der Waals surface area contributed by atoms with Gasteiger partial charge in [-0.2, -0.15) is 10.2 Å². The third-order valence-electron chi connectivity index (χ3n) is 3.79. The summed E-state index contributed by atoms with van der Waals surface area (Å²) in [6.45, 7) is 0.601. The summed E-state index contributed by atoms with van der Waals surface area (Å²) < 4.78 is 0.891. The highest BCUT2D eigenvalue weighted by molar-refractivity contribution is 6.33. The van der Waals surface area contributed by atoms with E-state index in [1.165, 1.54) is 0 Å². The number of nitrogens with two attached hydrogens (primary N) is 1. The molecule has 0 saturated heterocycles. The first-order chi connectivity index (χ1) is 10.6. The lowest BCUT2D eigenvalue weighted by atomic mass is 10.1. The predicted octanol–water partition coefficient (Wildman–Crippen LogP) is 2.35. The van der Waals surface area contributed by atoms with Crippen molar-refractivity contribution in [1.82, 2.24) is 5.43 Å². The van der Waals surface area contributed by atoms with Crippen LogP contribution in [-0.4, -0.2) is 28.5 Å². The average molecular weight is 339 g/mol. The number of benzene rings is 1. The topological polar surface area (TPSA) is 67.4 Å². The van der Waals surface area contributed by atoms with Gasteiger partial charge in [0.2, 0.25) is 11.9 Å². The maximum Gasteiger partial charge on any atom is 0.235 e. The van der Waals surface area contributed by atoms with Gasteiger partial charge in [0.25, 0.3) is 0 Å². The van der Waals surface area contributed by atoms with Crippen molar-refractivity contribution in [3.05, 3.63) is 58.4 Å². The summed E-state index contributed by atoms with van der Waals surface area (Å²) in [7, 11) is 0. The zero-order chi connectivity index (χ0) is 15.7. The summed E-state index contributed by atoms with van der Waals surface area (Å²) in [5, 5.41) is 12.9. The normalized spacial score (nSPS) is 24.9. The van der Waals surface area contributed by atoms with Gasteiger partial charge in [0.15, 0.2) is 0 Å². The van der Waals surface area contributed by atoms with Crippen LogP contribution in [0.2, 0.25) is 5.02 Å². The highest BCUT2D eigenvalue weighted by Crippen LogP contribution is 2.32. The average Bonchev–Trinajstić information content (AvgIpc) is 2.65. The monoisotopic (exact) mass is 338 g/mol. The summed E-state index contributed by atoms with van der Waals surface area (Å²) in [5.41, 5.74) is 4.69. The van der Waals surface area contributed by atoms with Crippen LogP contribution in [0.25, 0.3) is 0 Å². The molecule has 1 aromatic carbocycles. The number of anilines is 1. The number of hydrogen-bond acceptors (Lipinski definition) is 4. The van der Waals surface area contributed by atoms with Crippen molar-refractivity contribution in [2.24, 2.45) is 5.84 Å². The largest absolute Gasteiger partial charge is 0.622 e. The van der Waals surface area contributed by atoms with E-state index in [9.17, 15) is 5.21 Å². The number of rotatable bonds is 2. The molecule has 116 valence electrons. The first-order valence-corrected chi connectivity index (χ1v) is 7.79. The number of hydrogen-bond donors (Lipinski definition) is 2. The fourth-order valence-electron chi connectivity index (χ4n) is 2.70. The number of hydroxylamine groups is 1. The molecule has 3 rings (SSSR count). The minimum atomic E-state index is -0.498. The van der Waals surface area contributed by atoms with Crippen LogP contribution in [-0.2, 0) is 0 Å². The molecule has 1 heterocycles. The van der Waals surface area contributed by atoms with E-state index in [1.54, 1.807) is 12.2 Å². The third-order valence-corrected chi connectivity index (χ3v) is 4.38. The molecular weight excluding hydrogens is 323 g/mol. The molecule has 2 atom stereocenters. The standard InChI is InChI=1S/C15H16Cl2N4O/c16-10-5-6-13-14(9-10)20(8-7-15(19-18)21(13)22)12-4-2-1-3-11(12)17/h1-6,9-10,15,19H,7-8,18H2. The van der Waals surface area contributed by atoms with Gasteiger partial charge in [-0.3, -0.25) is 5.84 Å². The molecule has 1 aromatic rings. The molecule has 0 fully saturated rings. The molecule has 7 heteroatoms. The molecule has 5 nitrogen and oxygen atoms in total. The number of allylic oxidation sites excluding steroid dienone is 3. The second kappa shape index (κ2) is 6.30. The van der Waals surface area contributed by atoms with Crippen molar-refractivity contribution in [1.29, 1.82) is 0 Å². The highest BCUT2D eigenvalue weighted by atomic mass is 35.5. The Labute approximate surface area is 138 Å². The van der Waals surface area contributed by atoms with Gasteiger partial charge >= 0.3 is 0 Å². The zero-order valence-electron chi connectivity index (χ0n) is 11.7. The number of fused-ring (bicyclic) bond motifs is 1. The lowest BCUT2D eigenvalue weighted by Crippen LogP contribution is -2.43. The number of halogens is 2. The molecular formula is C15H16Cl2N4O. The van der Waals surface area contributed by atoms with Gasteiger partial charge < -0.3 is 10.1 Å². The quantitative estimate of drug-likeness (QED) is 0.285. The molecule has 0 amide bonds. The SMILES string of the molecule is NNC1CCN(c2ccccc2Cl)C2=CC(Cl)C=CC2=[N+]1[O-]. The van der Waals surface area contributed by atoms with Crippen molar-refractivity contribution >= 4 is 34.6 Å². The first kappa shape index (κ1) is 15.4. The number of para-hydroxylation sites is 1. The Balaban J connectivity index is 2.11. The smallest absolute Gasteiger partial charge is 0.235 e. The van der Waals surface area contributed by atoms with Gasteiger partial charge in [0.1, 0.15) is 5.70 Å². The predicted molar refractivity (Wildman–Crippen MR) is 90.0 cm³/mol. The van der Waals surface area contributed by atoms with Gasteiger partial charge in [0, 0.05) is 19.0 Å². The van der Waals surface area contributed by atoms with Crippen molar-refractivity contribution in [3.63, 3.8) is 0 Å². The first-order valence-electron chi connectivity index (χ1n) is 6.98. The van der Waals surface area contributed by atoms with Crippen molar-refractivity contribution in [2.75, 3.05) is 11.4 Å². The van der Waals surface area contributed by atoms with Crippen LogP contribution >= 0.6 is 23.2 Å². The molecule has 0 aromatic heterocycles. The molecule has 3 N–H and O–H groups in total. The van der Waals surface area contributed by atoms with Crippen molar-refractivity contribution < 1.29 is 4.74 Å². The van der Waals surface area contributed by atoms with Crippen LogP contribution in [0.5, 0.6) is 0 Å². The number of nitrogens with one attached hydrogen (secondary N) is 1. The van der Waals surface area contributed by atoms with E-state index in [4.69, 9.17) is 29.0 Å². The minimum Gasteiger partial charge on any atom is -0.622 e. The van der Waals surface area contributed by atoms with E-state index in [1.807, 2.05) is 35.2 Å². The second-order valence-electron chi connectivity index (χ2n) is 5.14. The lowest BCUT2D eigenvalue weighted by molar-refractivity contribution is -0.507. The molecule has 0 radical (unpaired) electrons. The fraction of sp³-hybridized carbons (Fsp3) is 0.267. The van der Waals surface area contributed by atoms with Crippen LogP contribution in [0.15, 0.2) is 48.2 Å². The Morgan fingerprint density at radius 2 is 2.14 bits per heavy atom. The van der Waals surface area contributed by atoms with E-state index in [0.29, 0.717) is 23.7 Å². The number of nitrogens with zero attached hydrogens (tertiary/aromatic N) is 2. The maximum atomic E-state index is 12.5. The molecule has 1 aliphatic heterocycles. The van der Waals surface area contributed by atoms with Crippen LogP contribution in [0.1, 0.15) is 6.42 Å². The van der Waals surface area contributed by atoms with Gasteiger partial charge in [-0.15, -0.1) is 11.6 Å². The summed E-state index contributed by atoms with van der Waals surface area (Å²) in [4.78, 5) is 2.01. The van der Waals surface area contributed by atoms with Gasteiger partial charge in [-0.05, 0) is 18.2 Å². The number of hydrazine groups is 1. The van der Waals surface area contributed by atoms with Crippen LogP contribution in [0.3, 0.4) is 0 Å². The van der Waals surface area contributed by atoms with Gasteiger partial charge in [-0.25, -0.2) is 0 Å². The van der Waals surface area contributed by atoms with E-state index in [-0.39, 0.29) is 5.38 Å². The summed E-state index contributed by atoms with van der Waals surface area (Å²) in [6.07, 6.45) is 5.41. The third kappa shape index (κ3) is 2.73. The molecule has 0 saturated carbocycles. The molecule has 1 aliphatic carbocycles. The summed E-state index contributed by atoms with van der Waals surface area (Å²) in [5.74, 6) is 5.51. The Bertz CT molecular complexity index is 671. The van der Waals surface area contributed by atoms with Crippen LogP contribution in [0.4, 0.5) is 5.69 Å². The lowest BCUT2D eigenvalue weighted by Gasteiger charge is -2.26. The Morgan fingerprint density at radius 1 is 1.36 bits per heavy atom. The van der Waals surface area contributed by atoms with Crippen LogP contribution in [0, 0.1) is 5.21 Å². The van der Waals surface area contributed by atoms with Crippen molar-refractivity contribution in [3.8, 4) is 0 Å². The van der Waals surface area contributed by atoms with E-state index in [0.717, 1.165) is 16.1 Å². The highest BCUT2D eigenvalue weighted by Gasteiger charge is 2.33. The van der Waals surface area contributed by atoms with E-state index in [2.05, 4.69) is 5.43 Å². The fourth-order valence-corrected chi connectivity index (χ4v) is 3.13. The Kier molecular flexibility index (Phi) is 4.40. The summed E-state index contributed by atoms with van der Waals surface area (Å²) >= 11 is 12.5. The molecule has 2 unspecified atom stereocenters. The van der Waals surface area contributed by atoms with E-state index < -0.39 is 6.17 Å². The molecule has 0 spiro atoms. The minimum absolute atomic E-state index is 0.264. The Hall–Kier alpha value is -1.53. The molecule has 22 heavy (non-hydrogen) atoms. The van der Waals surface area contributed by atoms with Gasteiger partial charge in [0.05, 0.1) is 16.1 Å². The number of alkyl halides is 1. The van der Waals surface area contributed by atoms with E-state index >= 15 is 0 Å². The zero-order valence-corrected chi connectivity index (χ0v) is 13.3. The molecule has 0 bridgehead atoms. The molecule has 2 aliphatic rings. The van der Waals surface area contributed by atoms with Gasteiger partial charge in [-0.1, -0.05) is 29.8 Å².